The Morgan fingerprint density at radius 3 is 2.07 bits per heavy atom. The van der Waals surface area contributed by atoms with Gasteiger partial charge in [-0.2, -0.15) is 0 Å². The van der Waals surface area contributed by atoms with Gasteiger partial charge in [-0.3, -0.25) is 9.59 Å². The van der Waals surface area contributed by atoms with Gasteiger partial charge in [-0.25, -0.2) is 4.39 Å². The third-order valence-corrected chi connectivity index (χ3v) is 4.48. The highest BCUT2D eigenvalue weighted by atomic mass is 19.1. The van der Waals surface area contributed by atoms with Gasteiger partial charge in [-0.1, -0.05) is 55.8 Å². The molecule has 27 heavy (non-hydrogen) atoms. The van der Waals surface area contributed by atoms with E-state index in [-0.39, 0.29) is 30.1 Å². The van der Waals surface area contributed by atoms with Crippen LogP contribution < -0.4 is 5.32 Å². The van der Waals surface area contributed by atoms with E-state index >= 15 is 0 Å². The summed E-state index contributed by atoms with van der Waals surface area (Å²) in [5.41, 5.74) is 2.94. The van der Waals surface area contributed by atoms with Crippen molar-refractivity contribution in [1.82, 2.24) is 10.2 Å². The molecule has 0 saturated carbocycles. The van der Waals surface area contributed by atoms with Crippen molar-refractivity contribution in [3.63, 3.8) is 0 Å². The Balaban J connectivity index is 2.08. The van der Waals surface area contributed by atoms with E-state index in [0.29, 0.717) is 6.54 Å². The average molecular weight is 370 g/mol. The topological polar surface area (TPSA) is 49.4 Å². The van der Waals surface area contributed by atoms with E-state index in [2.05, 4.69) is 5.32 Å². The van der Waals surface area contributed by atoms with Crippen molar-refractivity contribution in [2.45, 2.75) is 46.8 Å². The molecule has 2 rings (SSSR count). The number of amides is 2. The zero-order valence-electron chi connectivity index (χ0n) is 16.3. The lowest BCUT2D eigenvalue weighted by Gasteiger charge is -2.30. The molecule has 0 saturated heterocycles. The Morgan fingerprint density at radius 2 is 1.52 bits per heavy atom. The molecule has 5 heteroatoms. The van der Waals surface area contributed by atoms with Crippen LogP contribution in [0.3, 0.4) is 0 Å². The highest BCUT2D eigenvalue weighted by Gasteiger charge is 2.27. The predicted octanol–water partition coefficient (Wildman–Crippen LogP) is 3.82. The summed E-state index contributed by atoms with van der Waals surface area (Å²) in [5.74, 6) is -0.897. The van der Waals surface area contributed by atoms with E-state index in [0.717, 1.165) is 16.7 Å². The molecule has 0 radical (unpaired) electrons. The van der Waals surface area contributed by atoms with Crippen LogP contribution in [0.15, 0.2) is 48.5 Å². The Labute approximate surface area is 160 Å². The first-order chi connectivity index (χ1) is 12.8. The summed E-state index contributed by atoms with van der Waals surface area (Å²) in [6.07, 6.45) is 0. The van der Waals surface area contributed by atoms with Crippen LogP contribution in [0.2, 0.25) is 0 Å². The van der Waals surface area contributed by atoms with Gasteiger partial charge in [-0.15, -0.1) is 0 Å². The maximum absolute atomic E-state index is 13.1. The minimum Gasteiger partial charge on any atom is -0.350 e. The van der Waals surface area contributed by atoms with Gasteiger partial charge < -0.3 is 10.2 Å². The Kier molecular flexibility index (Phi) is 7.11. The summed E-state index contributed by atoms with van der Waals surface area (Å²) >= 11 is 0. The molecule has 0 aliphatic rings. The monoisotopic (exact) mass is 370 g/mol. The number of hydrogen-bond donors (Lipinski definition) is 1. The highest BCUT2D eigenvalue weighted by Crippen LogP contribution is 2.14. The van der Waals surface area contributed by atoms with Crippen LogP contribution in [0.25, 0.3) is 0 Å². The molecule has 4 nitrogen and oxygen atoms in total. The quantitative estimate of drug-likeness (QED) is 0.805. The number of carbonyl (C=O) groups is 2. The maximum atomic E-state index is 13.1. The normalized spacial score (nSPS) is 11.9. The second kappa shape index (κ2) is 9.31. The molecule has 2 aromatic carbocycles. The van der Waals surface area contributed by atoms with E-state index in [1.54, 1.807) is 37.8 Å². The zero-order chi connectivity index (χ0) is 20.0. The standard InChI is InChI=1S/C22H27FN2O2/c1-15(2)22(27)25(14-19-9-11-20(23)12-10-19)17(4)21(26)24-13-18-7-5-16(3)6-8-18/h5-12,15,17H,13-14H2,1-4H3,(H,24,26)/t17-/m0/s1. The molecule has 0 aliphatic carbocycles. The largest absolute Gasteiger partial charge is 0.350 e. The van der Waals surface area contributed by atoms with Crippen molar-refractivity contribution >= 4 is 11.8 Å². The summed E-state index contributed by atoms with van der Waals surface area (Å²) in [4.78, 5) is 26.8. The number of benzene rings is 2. The van der Waals surface area contributed by atoms with Gasteiger partial charge in [0.25, 0.3) is 0 Å². The Bertz CT molecular complexity index is 770. The molecule has 0 fully saturated rings. The van der Waals surface area contributed by atoms with E-state index in [1.165, 1.54) is 12.1 Å². The lowest BCUT2D eigenvalue weighted by molar-refractivity contribution is -0.143. The van der Waals surface area contributed by atoms with Crippen LogP contribution in [0.5, 0.6) is 0 Å². The van der Waals surface area contributed by atoms with Crippen molar-refractivity contribution < 1.29 is 14.0 Å². The molecule has 0 aliphatic heterocycles. The summed E-state index contributed by atoms with van der Waals surface area (Å²) in [7, 11) is 0. The van der Waals surface area contributed by atoms with Gasteiger partial charge in [0.2, 0.25) is 11.8 Å². The van der Waals surface area contributed by atoms with Crippen molar-refractivity contribution in [3.8, 4) is 0 Å². The fraction of sp³-hybridized carbons (Fsp3) is 0.364. The second-order valence-corrected chi connectivity index (χ2v) is 7.13. The summed E-state index contributed by atoms with van der Waals surface area (Å²) in [6, 6.07) is 13.3. The molecule has 0 bridgehead atoms. The van der Waals surface area contributed by atoms with Crippen LogP contribution in [-0.4, -0.2) is 22.8 Å². The molecular formula is C22H27FN2O2. The van der Waals surface area contributed by atoms with Gasteiger partial charge in [0.05, 0.1) is 0 Å². The first-order valence-electron chi connectivity index (χ1n) is 9.16. The molecule has 1 atom stereocenters. The predicted molar refractivity (Wildman–Crippen MR) is 104 cm³/mol. The maximum Gasteiger partial charge on any atom is 0.242 e. The average Bonchev–Trinajstić information content (AvgIpc) is 2.65. The van der Waals surface area contributed by atoms with Gasteiger partial charge in [0.15, 0.2) is 0 Å². The smallest absolute Gasteiger partial charge is 0.242 e. The molecule has 2 aromatic rings. The van der Waals surface area contributed by atoms with Crippen LogP contribution in [0.4, 0.5) is 4.39 Å². The van der Waals surface area contributed by atoms with Crippen molar-refractivity contribution in [3.05, 3.63) is 71.0 Å². The first-order valence-corrected chi connectivity index (χ1v) is 9.16. The van der Waals surface area contributed by atoms with E-state index in [1.807, 2.05) is 31.2 Å². The summed E-state index contributed by atoms with van der Waals surface area (Å²) < 4.78 is 13.1. The van der Waals surface area contributed by atoms with Gasteiger partial charge in [-0.05, 0) is 37.1 Å². The third kappa shape index (κ3) is 5.91. The number of hydrogen-bond acceptors (Lipinski definition) is 2. The molecule has 0 unspecified atom stereocenters. The Morgan fingerprint density at radius 1 is 0.963 bits per heavy atom. The van der Waals surface area contributed by atoms with Crippen molar-refractivity contribution in [1.29, 1.82) is 0 Å². The molecule has 2 amide bonds. The van der Waals surface area contributed by atoms with Crippen LogP contribution in [0, 0.1) is 18.7 Å². The molecule has 0 heterocycles. The number of aryl methyl sites for hydroxylation is 1. The lowest BCUT2D eigenvalue weighted by Crippen LogP contribution is -2.48. The number of halogens is 1. The highest BCUT2D eigenvalue weighted by molar-refractivity contribution is 5.88. The van der Waals surface area contributed by atoms with Gasteiger partial charge in [0.1, 0.15) is 11.9 Å². The van der Waals surface area contributed by atoms with Crippen LogP contribution in [0.1, 0.15) is 37.5 Å². The first kappa shape index (κ1) is 20.6. The number of nitrogens with one attached hydrogen (secondary N) is 1. The zero-order valence-corrected chi connectivity index (χ0v) is 16.3. The molecule has 1 N–H and O–H groups in total. The molecule has 0 spiro atoms. The van der Waals surface area contributed by atoms with E-state index in [9.17, 15) is 14.0 Å². The fourth-order valence-corrected chi connectivity index (χ4v) is 2.71. The molecule has 144 valence electrons. The molecular weight excluding hydrogens is 343 g/mol. The number of nitrogens with zero attached hydrogens (tertiary/aromatic N) is 1. The van der Waals surface area contributed by atoms with Crippen molar-refractivity contribution in [2.75, 3.05) is 0 Å². The van der Waals surface area contributed by atoms with Gasteiger partial charge in [0, 0.05) is 19.0 Å². The summed E-state index contributed by atoms with van der Waals surface area (Å²) in [6.45, 7) is 8.00. The lowest BCUT2D eigenvalue weighted by atomic mass is 10.1. The summed E-state index contributed by atoms with van der Waals surface area (Å²) in [5, 5.41) is 2.89. The van der Waals surface area contributed by atoms with Crippen LogP contribution >= 0.6 is 0 Å². The van der Waals surface area contributed by atoms with E-state index in [4.69, 9.17) is 0 Å². The number of rotatable bonds is 7. The van der Waals surface area contributed by atoms with Crippen molar-refractivity contribution in [2.24, 2.45) is 5.92 Å². The van der Waals surface area contributed by atoms with Crippen LogP contribution in [-0.2, 0) is 22.7 Å². The third-order valence-electron chi connectivity index (χ3n) is 4.48. The van der Waals surface area contributed by atoms with E-state index < -0.39 is 6.04 Å². The van der Waals surface area contributed by atoms with Gasteiger partial charge >= 0.3 is 0 Å². The fourth-order valence-electron chi connectivity index (χ4n) is 2.71. The molecule has 0 aromatic heterocycles. The Hall–Kier alpha value is -2.69. The SMILES string of the molecule is Cc1ccc(CNC(=O)[C@H](C)N(Cc2ccc(F)cc2)C(=O)C(C)C)cc1. The minimum absolute atomic E-state index is 0.114. The number of carbonyl (C=O) groups excluding carboxylic acids is 2. The second-order valence-electron chi connectivity index (χ2n) is 7.13. The minimum atomic E-state index is -0.629.